The molecule has 5 aromatic rings. The van der Waals surface area contributed by atoms with Crippen molar-refractivity contribution in [1.29, 1.82) is 0 Å². The standard InChI is InChI=1S/C32H27N3O3/c1-38-32(37)25-11-12-26-20-35(16-14-24(26)17-25)19-21-7-9-23(10-8-21)30-27(22-5-3-2-4-6-22)18-28-29(34-30)13-15-33-31(28)36/h2-13,15,17-18H,14,16,19-20H2,1H3,(H,33,36). The molecule has 38 heavy (non-hydrogen) atoms. The molecule has 0 bridgehead atoms. The summed E-state index contributed by atoms with van der Waals surface area (Å²) < 4.78 is 4.86. The first-order valence-corrected chi connectivity index (χ1v) is 12.7. The Morgan fingerprint density at radius 1 is 0.947 bits per heavy atom. The van der Waals surface area contributed by atoms with E-state index < -0.39 is 0 Å². The van der Waals surface area contributed by atoms with Crippen LogP contribution in [0.1, 0.15) is 27.0 Å². The van der Waals surface area contributed by atoms with E-state index >= 15 is 0 Å². The van der Waals surface area contributed by atoms with E-state index in [4.69, 9.17) is 9.72 Å². The maximum atomic E-state index is 12.5. The molecule has 6 heteroatoms. The van der Waals surface area contributed by atoms with Gasteiger partial charge >= 0.3 is 5.97 Å². The summed E-state index contributed by atoms with van der Waals surface area (Å²) >= 11 is 0. The second-order valence-corrected chi connectivity index (χ2v) is 9.62. The maximum Gasteiger partial charge on any atom is 0.337 e. The minimum absolute atomic E-state index is 0.140. The van der Waals surface area contributed by atoms with Gasteiger partial charge < -0.3 is 9.72 Å². The molecular formula is C32H27N3O3. The first kappa shape index (κ1) is 23.8. The van der Waals surface area contributed by atoms with Crippen LogP contribution in [0.3, 0.4) is 0 Å². The summed E-state index contributed by atoms with van der Waals surface area (Å²) in [6.07, 6.45) is 2.54. The molecule has 0 fully saturated rings. The van der Waals surface area contributed by atoms with Crippen LogP contribution in [0.2, 0.25) is 0 Å². The van der Waals surface area contributed by atoms with Gasteiger partial charge in [0.05, 0.1) is 29.3 Å². The predicted octanol–water partition coefficient (Wildman–Crippen LogP) is 5.60. The summed E-state index contributed by atoms with van der Waals surface area (Å²) in [7, 11) is 1.41. The van der Waals surface area contributed by atoms with E-state index in [2.05, 4.69) is 34.1 Å². The van der Waals surface area contributed by atoms with Crippen molar-refractivity contribution in [2.45, 2.75) is 19.5 Å². The van der Waals surface area contributed by atoms with Crippen molar-refractivity contribution < 1.29 is 9.53 Å². The first-order valence-electron chi connectivity index (χ1n) is 12.7. The number of esters is 1. The number of aromatic amines is 1. The fourth-order valence-electron chi connectivity index (χ4n) is 5.19. The van der Waals surface area contributed by atoms with Gasteiger partial charge in [-0.2, -0.15) is 0 Å². The largest absolute Gasteiger partial charge is 0.465 e. The summed E-state index contributed by atoms with van der Waals surface area (Å²) in [5.74, 6) is -0.293. The lowest BCUT2D eigenvalue weighted by molar-refractivity contribution is 0.0600. The molecule has 0 saturated carbocycles. The zero-order valence-corrected chi connectivity index (χ0v) is 21.1. The van der Waals surface area contributed by atoms with Crippen LogP contribution in [0.5, 0.6) is 0 Å². The van der Waals surface area contributed by atoms with Crippen LogP contribution in [0.15, 0.2) is 95.9 Å². The van der Waals surface area contributed by atoms with Crippen LogP contribution in [0.4, 0.5) is 0 Å². The van der Waals surface area contributed by atoms with E-state index in [1.807, 2.05) is 60.7 Å². The Kier molecular flexibility index (Phi) is 6.32. The summed E-state index contributed by atoms with van der Waals surface area (Å²) in [6.45, 7) is 2.61. The van der Waals surface area contributed by atoms with Gasteiger partial charge in [0.25, 0.3) is 5.56 Å². The summed E-state index contributed by atoms with van der Waals surface area (Å²) in [6, 6.07) is 28.2. The van der Waals surface area contributed by atoms with E-state index in [9.17, 15) is 9.59 Å². The third-order valence-corrected chi connectivity index (χ3v) is 7.19. The molecule has 0 radical (unpaired) electrons. The van der Waals surface area contributed by atoms with Crippen molar-refractivity contribution in [3.05, 3.63) is 124 Å². The molecule has 0 atom stereocenters. The number of rotatable bonds is 5. The van der Waals surface area contributed by atoms with E-state index in [1.165, 1.54) is 23.8 Å². The SMILES string of the molecule is COC(=O)c1ccc2c(c1)CCN(Cc1ccc(-c3nc4cc[nH]c(=O)c4cc3-c3ccccc3)cc1)C2. The quantitative estimate of drug-likeness (QED) is 0.317. The highest BCUT2D eigenvalue weighted by atomic mass is 16.5. The van der Waals surface area contributed by atoms with Crippen molar-refractivity contribution in [3.63, 3.8) is 0 Å². The van der Waals surface area contributed by atoms with Crippen molar-refractivity contribution in [2.24, 2.45) is 0 Å². The van der Waals surface area contributed by atoms with Crippen LogP contribution in [-0.2, 0) is 24.2 Å². The van der Waals surface area contributed by atoms with Crippen molar-refractivity contribution in [3.8, 4) is 22.4 Å². The number of hydrogen-bond acceptors (Lipinski definition) is 5. The lowest BCUT2D eigenvalue weighted by atomic mass is 9.96. The van der Waals surface area contributed by atoms with Crippen LogP contribution in [0, 0.1) is 0 Å². The number of nitrogens with one attached hydrogen (secondary N) is 1. The average molecular weight is 502 g/mol. The molecular weight excluding hydrogens is 474 g/mol. The highest BCUT2D eigenvalue weighted by Gasteiger charge is 2.19. The van der Waals surface area contributed by atoms with Gasteiger partial charge in [0, 0.05) is 37.0 Å². The third kappa shape index (κ3) is 4.62. The summed E-state index contributed by atoms with van der Waals surface area (Å²) in [4.78, 5) is 34.4. The van der Waals surface area contributed by atoms with E-state index in [-0.39, 0.29) is 11.5 Å². The average Bonchev–Trinajstić information content (AvgIpc) is 2.97. The molecule has 6 nitrogen and oxygen atoms in total. The molecule has 0 spiro atoms. The second-order valence-electron chi connectivity index (χ2n) is 9.62. The number of benzene rings is 3. The van der Waals surface area contributed by atoms with Gasteiger partial charge in [-0.25, -0.2) is 9.78 Å². The lowest BCUT2D eigenvalue weighted by Crippen LogP contribution is -2.30. The normalized spacial score (nSPS) is 13.3. The number of carbonyl (C=O) groups is 1. The maximum absolute atomic E-state index is 12.5. The Hall–Kier alpha value is -4.55. The van der Waals surface area contributed by atoms with Gasteiger partial charge in [0.2, 0.25) is 0 Å². The van der Waals surface area contributed by atoms with Crippen LogP contribution in [0.25, 0.3) is 33.3 Å². The molecule has 0 unspecified atom stereocenters. The minimum atomic E-state index is -0.293. The van der Waals surface area contributed by atoms with Gasteiger partial charge in [-0.05, 0) is 52.9 Å². The van der Waals surface area contributed by atoms with Gasteiger partial charge in [-0.1, -0.05) is 60.7 Å². The monoisotopic (exact) mass is 501 g/mol. The Bertz CT molecular complexity index is 1690. The molecule has 2 aromatic heterocycles. The fourth-order valence-corrected chi connectivity index (χ4v) is 5.19. The van der Waals surface area contributed by atoms with Crippen molar-refractivity contribution in [2.75, 3.05) is 13.7 Å². The van der Waals surface area contributed by atoms with Crippen molar-refractivity contribution >= 4 is 16.9 Å². The van der Waals surface area contributed by atoms with Crippen molar-refractivity contribution in [1.82, 2.24) is 14.9 Å². The van der Waals surface area contributed by atoms with Gasteiger partial charge in [0.1, 0.15) is 0 Å². The van der Waals surface area contributed by atoms with E-state index in [0.29, 0.717) is 16.5 Å². The zero-order valence-electron chi connectivity index (χ0n) is 21.1. The summed E-state index contributed by atoms with van der Waals surface area (Å²) in [5, 5.41) is 0.579. The number of hydrogen-bond donors (Lipinski definition) is 1. The molecule has 3 heterocycles. The lowest BCUT2D eigenvalue weighted by Gasteiger charge is -2.29. The van der Waals surface area contributed by atoms with Gasteiger partial charge in [-0.3, -0.25) is 9.69 Å². The predicted molar refractivity (Wildman–Crippen MR) is 149 cm³/mol. The van der Waals surface area contributed by atoms with E-state index in [0.717, 1.165) is 48.4 Å². The smallest absolute Gasteiger partial charge is 0.337 e. The van der Waals surface area contributed by atoms with Crippen LogP contribution >= 0.6 is 0 Å². The number of H-pyrrole nitrogens is 1. The number of aromatic nitrogens is 2. The molecule has 0 aliphatic carbocycles. The number of pyridine rings is 2. The second kappa shape index (κ2) is 10.1. The molecule has 0 amide bonds. The van der Waals surface area contributed by atoms with Crippen LogP contribution in [-0.4, -0.2) is 34.5 Å². The first-order chi connectivity index (χ1) is 18.6. The molecule has 6 rings (SSSR count). The van der Waals surface area contributed by atoms with Crippen LogP contribution < -0.4 is 5.56 Å². The summed E-state index contributed by atoms with van der Waals surface area (Å²) in [5.41, 5.74) is 8.65. The topological polar surface area (TPSA) is 75.3 Å². The fraction of sp³-hybridized carbons (Fsp3) is 0.156. The molecule has 1 N–H and O–H groups in total. The molecule has 1 aliphatic heterocycles. The highest BCUT2D eigenvalue weighted by Crippen LogP contribution is 2.33. The third-order valence-electron chi connectivity index (χ3n) is 7.19. The van der Waals surface area contributed by atoms with Gasteiger partial charge in [-0.15, -0.1) is 0 Å². The van der Waals surface area contributed by atoms with Gasteiger partial charge in [0.15, 0.2) is 0 Å². The number of methoxy groups -OCH3 is 1. The number of ether oxygens (including phenoxy) is 1. The Balaban J connectivity index is 1.26. The Labute approximate surface area is 220 Å². The molecule has 3 aromatic carbocycles. The number of carbonyl (C=O) groups excluding carboxylic acids is 1. The van der Waals surface area contributed by atoms with E-state index in [1.54, 1.807) is 6.20 Å². The number of nitrogens with zero attached hydrogens (tertiary/aromatic N) is 2. The highest BCUT2D eigenvalue weighted by molar-refractivity contribution is 5.91. The molecule has 0 saturated heterocycles. The Morgan fingerprint density at radius 3 is 2.55 bits per heavy atom. The minimum Gasteiger partial charge on any atom is -0.465 e. The number of fused-ring (bicyclic) bond motifs is 2. The zero-order chi connectivity index (χ0) is 26.1. The molecule has 1 aliphatic rings. The molecule has 188 valence electrons. The Morgan fingerprint density at radius 2 is 1.76 bits per heavy atom.